The van der Waals surface area contributed by atoms with Crippen molar-refractivity contribution in [2.45, 2.75) is 12.8 Å². The van der Waals surface area contributed by atoms with Crippen LogP contribution in [0.2, 0.25) is 0 Å². The number of carbonyl (C=O) groups excluding carboxylic acids is 1. The minimum absolute atomic E-state index is 0.201. The Bertz CT molecular complexity index is 684. The Morgan fingerprint density at radius 1 is 1.18 bits per heavy atom. The highest BCUT2D eigenvalue weighted by Crippen LogP contribution is 2.42. The van der Waals surface area contributed by atoms with Gasteiger partial charge in [0.1, 0.15) is 18.0 Å². The molecule has 0 atom stereocenters. The number of para-hydroxylation sites is 1. The minimum atomic E-state index is 0.201. The molecule has 114 valence electrons. The van der Waals surface area contributed by atoms with E-state index in [1.807, 2.05) is 29.2 Å². The van der Waals surface area contributed by atoms with E-state index in [9.17, 15) is 4.79 Å². The zero-order valence-corrected chi connectivity index (χ0v) is 13.1. The molecule has 0 N–H and O–H groups in total. The highest BCUT2D eigenvalue weighted by atomic mass is 32.1. The third-order valence-electron chi connectivity index (χ3n) is 4.26. The summed E-state index contributed by atoms with van der Waals surface area (Å²) in [6, 6.07) is 10.1. The number of aryl methyl sites for hydroxylation is 1. The fourth-order valence-electron chi connectivity index (χ4n) is 3.18. The predicted molar refractivity (Wildman–Crippen MR) is 89.1 cm³/mol. The van der Waals surface area contributed by atoms with Crippen molar-refractivity contribution in [1.29, 1.82) is 0 Å². The minimum Gasteiger partial charge on any atom is -0.489 e. The molecular formula is C17H18N2O2S. The number of nitrogens with zero attached hydrogens (tertiary/aromatic N) is 2. The number of benzene rings is 1. The van der Waals surface area contributed by atoms with Crippen molar-refractivity contribution in [3.63, 3.8) is 0 Å². The van der Waals surface area contributed by atoms with E-state index in [1.165, 1.54) is 4.88 Å². The average Bonchev–Trinajstić information content (AvgIpc) is 3.07. The lowest BCUT2D eigenvalue weighted by Gasteiger charge is -2.41. The van der Waals surface area contributed by atoms with Crippen molar-refractivity contribution in [3.05, 3.63) is 40.6 Å². The van der Waals surface area contributed by atoms with Crippen LogP contribution < -0.4 is 14.5 Å². The van der Waals surface area contributed by atoms with E-state index in [2.05, 4.69) is 16.3 Å². The van der Waals surface area contributed by atoms with Crippen LogP contribution in [0.15, 0.2) is 35.7 Å². The molecule has 0 saturated carbocycles. The molecule has 2 aromatic rings. The summed E-state index contributed by atoms with van der Waals surface area (Å²) < 4.78 is 5.74. The smallest absolute Gasteiger partial charge is 0.227 e. The van der Waals surface area contributed by atoms with Crippen LogP contribution >= 0.6 is 11.3 Å². The molecule has 0 radical (unpaired) electrons. The van der Waals surface area contributed by atoms with Gasteiger partial charge in [-0.15, -0.1) is 11.3 Å². The molecule has 0 unspecified atom stereocenters. The van der Waals surface area contributed by atoms with Gasteiger partial charge in [-0.05, 0) is 30.0 Å². The third-order valence-corrected chi connectivity index (χ3v) is 5.20. The van der Waals surface area contributed by atoms with Gasteiger partial charge in [-0.2, -0.15) is 0 Å². The van der Waals surface area contributed by atoms with E-state index in [1.54, 1.807) is 11.3 Å². The van der Waals surface area contributed by atoms with Crippen LogP contribution in [0, 0.1) is 0 Å². The first kappa shape index (κ1) is 13.6. The van der Waals surface area contributed by atoms with Crippen LogP contribution in [0.25, 0.3) is 0 Å². The molecule has 2 aliphatic heterocycles. The molecule has 3 heterocycles. The zero-order valence-electron chi connectivity index (χ0n) is 12.3. The fraction of sp³-hybridized carbons (Fsp3) is 0.353. The van der Waals surface area contributed by atoms with E-state index < -0.39 is 0 Å². The van der Waals surface area contributed by atoms with Gasteiger partial charge in [-0.3, -0.25) is 4.79 Å². The molecule has 1 aromatic heterocycles. The van der Waals surface area contributed by atoms with E-state index in [4.69, 9.17) is 4.74 Å². The van der Waals surface area contributed by atoms with Gasteiger partial charge in [-0.1, -0.05) is 12.1 Å². The molecule has 0 fully saturated rings. The van der Waals surface area contributed by atoms with Crippen molar-refractivity contribution >= 4 is 28.6 Å². The second kappa shape index (κ2) is 5.65. The van der Waals surface area contributed by atoms with E-state index in [-0.39, 0.29) is 5.91 Å². The van der Waals surface area contributed by atoms with Crippen molar-refractivity contribution in [2.24, 2.45) is 0 Å². The highest BCUT2D eigenvalue weighted by molar-refractivity contribution is 7.09. The number of amides is 1. The number of carbonyl (C=O) groups is 1. The molecule has 22 heavy (non-hydrogen) atoms. The number of thiophene rings is 1. The summed E-state index contributed by atoms with van der Waals surface area (Å²) in [5.74, 6) is 1.10. The standard InChI is InChI=1S/C17H18N2O2S/c20-16(7-6-13-3-2-12-22-13)19-9-8-18-10-11-21-15-5-1-4-14(19)17(15)18/h1-5,12H,6-11H2. The Balaban J connectivity index is 1.57. The molecular weight excluding hydrogens is 296 g/mol. The van der Waals surface area contributed by atoms with E-state index in [0.29, 0.717) is 6.42 Å². The Hall–Kier alpha value is -2.01. The first-order valence-corrected chi connectivity index (χ1v) is 8.54. The van der Waals surface area contributed by atoms with E-state index in [0.717, 1.165) is 49.8 Å². The number of hydrogen-bond acceptors (Lipinski definition) is 4. The largest absolute Gasteiger partial charge is 0.489 e. The van der Waals surface area contributed by atoms with Gasteiger partial charge < -0.3 is 14.5 Å². The van der Waals surface area contributed by atoms with Crippen molar-refractivity contribution in [3.8, 4) is 5.75 Å². The summed E-state index contributed by atoms with van der Waals surface area (Å²) in [6.45, 7) is 3.28. The first-order chi connectivity index (χ1) is 10.8. The van der Waals surface area contributed by atoms with Crippen LogP contribution in [0.1, 0.15) is 11.3 Å². The molecule has 2 aliphatic rings. The molecule has 1 aromatic carbocycles. The monoisotopic (exact) mass is 314 g/mol. The number of anilines is 2. The molecule has 1 amide bonds. The maximum absolute atomic E-state index is 12.7. The molecule has 4 rings (SSSR count). The van der Waals surface area contributed by atoms with Gasteiger partial charge in [-0.25, -0.2) is 0 Å². The molecule has 0 bridgehead atoms. The number of ether oxygens (including phenoxy) is 1. The SMILES string of the molecule is O=C(CCc1cccs1)N1CCN2CCOc3cccc1c32. The van der Waals surface area contributed by atoms with Gasteiger partial charge >= 0.3 is 0 Å². The first-order valence-electron chi connectivity index (χ1n) is 7.66. The summed E-state index contributed by atoms with van der Waals surface area (Å²) in [6.07, 6.45) is 1.38. The maximum atomic E-state index is 12.7. The van der Waals surface area contributed by atoms with Crippen LogP contribution in [-0.2, 0) is 11.2 Å². The van der Waals surface area contributed by atoms with Crippen molar-refractivity contribution in [1.82, 2.24) is 0 Å². The highest BCUT2D eigenvalue weighted by Gasteiger charge is 2.31. The van der Waals surface area contributed by atoms with E-state index >= 15 is 0 Å². The summed E-state index contributed by atoms with van der Waals surface area (Å²) in [5.41, 5.74) is 2.09. The predicted octanol–water partition coefficient (Wildman–Crippen LogP) is 2.93. The van der Waals surface area contributed by atoms with Crippen LogP contribution in [-0.4, -0.2) is 32.1 Å². The van der Waals surface area contributed by atoms with Crippen LogP contribution in [0.5, 0.6) is 5.75 Å². The lowest BCUT2D eigenvalue weighted by atomic mass is 10.1. The maximum Gasteiger partial charge on any atom is 0.227 e. The molecule has 0 saturated heterocycles. The Morgan fingerprint density at radius 2 is 2.14 bits per heavy atom. The lowest BCUT2D eigenvalue weighted by molar-refractivity contribution is -0.118. The average molecular weight is 314 g/mol. The van der Waals surface area contributed by atoms with Gasteiger partial charge in [0.05, 0.1) is 12.2 Å². The second-order valence-electron chi connectivity index (χ2n) is 5.58. The number of rotatable bonds is 3. The molecule has 4 nitrogen and oxygen atoms in total. The number of hydrogen-bond donors (Lipinski definition) is 0. The van der Waals surface area contributed by atoms with Crippen LogP contribution in [0.4, 0.5) is 11.4 Å². The normalized spacial score (nSPS) is 16.2. The van der Waals surface area contributed by atoms with Crippen LogP contribution in [0.3, 0.4) is 0 Å². The molecule has 0 aliphatic carbocycles. The summed E-state index contributed by atoms with van der Waals surface area (Å²) in [7, 11) is 0. The van der Waals surface area contributed by atoms with Crippen molar-refractivity contribution in [2.75, 3.05) is 36.0 Å². The third kappa shape index (κ3) is 2.35. The quantitative estimate of drug-likeness (QED) is 0.873. The lowest BCUT2D eigenvalue weighted by Crippen LogP contribution is -2.47. The molecule has 0 spiro atoms. The molecule has 5 heteroatoms. The topological polar surface area (TPSA) is 32.8 Å². The fourth-order valence-corrected chi connectivity index (χ4v) is 3.89. The second-order valence-corrected chi connectivity index (χ2v) is 6.62. The Kier molecular flexibility index (Phi) is 3.50. The van der Waals surface area contributed by atoms with Crippen molar-refractivity contribution < 1.29 is 9.53 Å². The van der Waals surface area contributed by atoms with Gasteiger partial charge in [0, 0.05) is 24.4 Å². The summed E-state index contributed by atoms with van der Waals surface area (Å²) in [5, 5.41) is 2.06. The van der Waals surface area contributed by atoms with Gasteiger partial charge in [0.25, 0.3) is 0 Å². The Labute approximate surface area is 133 Å². The zero-order chi connectivity index (χ0) is 14.9. The van der Waals surface area contributed by atoms with Gasteiger partial charge in [0.15, 0.2) is 0 Å². The Morgan fingerprint density at radius 3 is 3.00 bits per heavy atom. The van der Waals surface area contributed by atoms with Gasteiger partial charge in [0.2, 0.25) is 5.91 Å². The summed E-state index contributed by atoms with van der Waals surface area (Å²) >= 11 is 1.71. The summed E-state index contributed by atoms with van der Waals surface area (Å²) in [4.78, 5) is 18.2.